The number of aryl methyl sites for hydroxylation is 1. The lowest BCUT2D eigenvalue weighted by molar-refractivity contribution is 0.125. The summed E-state index contributed by atoms with van der Waals surface area (Å²) in [4.78, 5) is 5.27. The van der Waals surface area contributed by atoms with Gasteiger partial charge in [0, 0.05) is 32.7 Å². The molecule has 1 heterocycles. The summed E-state index contributed by atoms with van der Waals surface area (Å²) in [7, 11) is 0. The minimum atomic E-state index is 0.876. The molecule has 0 bridgehead atoms. The van der Waals surface area contributed by atoms with Crippen LogP contribution in [0.3, 0.4) is 0 Å². The molecule has 0 atom stereocenters. The minimum Gasteiger partial charge on any atom is -0.301 e. The first kappa shape index (κ1) is 19.5. The van der Waals surface area contributed by atoms with Crippen molar-refractivity contribution in [3.63, 3.8) is 0 Å². The fourth-order valence-corrected chi connectivity index (χ4v) is 3.54. The van der Waals surface area contributed by atoms with Gasteiger partial charge in [-0.15, -0.1) is 0 Å². The first-order chi connectivity index (χ1) is 11.6. The van der Waals surface area contributed by atoms with E-state index in [1.165, 1.54) is 82.4 Å². The van der Waals surface area contributed by atoms with Gasteiger partial charge in [0.05, 0.1) is 0 Å². The van der Waals surface area contributed by atoms with E-state index in [-0.39, 0.29) is 0 Å². The van der Waals surface area contributed by atoms with E-state index in [2.05, 4.69) is 54.8 Å². The third kappa shape index (κ3) is 7.81. The predicted molar refractivity (Wildman–Crippen MR) is 105 cm³/mol. The summed E-state index contributed by atoms with van der Waals surface area (Å²) < 4.78 is 0. The van der Waals surface area contributed by atoms with Gasteiger partial charge in [-0.1, -0.05) is 75.8 Å². The third-order valence-electron chi connectivity index (χ3n) is 5.25. The summed E-state index contributed by atoms with van der Waals surface area (Å²) in [5.41, 5.74) is 2.81. The van der Waals surface area contributed by atoms with E-state index in [4.69, 9.17) is 0 Å². The van der Waals surface area contributed by atoms with Gasteiger partial charge in [0.1, 0.15) is 0 Å². The fourth-order valence-electron chi connectivity index (χ4n) is 3.54. The number of benzene rings is 1. The standard InChI is InChI=1S/C22H38N2/c1-20(2)9-7-5-4-6-8-14-23-15-17-24(18-16-23)19-22-12-10-21(3)11-13-22/h10-13,20H,4-9,14-19H2,1-3H3. The van der Waals surface area contributed by atoms with Crippen LogP contribution < -0.4 is 0 Å². The zero-order valence-electron chi connectivity index (χ0n) is 16.3. The van der Waals surface area contributed by atoms with Gasteiger partial charge >= 0.3 is 0 Å². The van der Waals surface area contributed by atoms with Gasteiger partial charge in [0.25, 0.3) is 0 Å². The van der Waals surface area contributed by atoms with Crippen LogP contribution in [0.1, 0.15) is 63.5 Å². The summed E-state index contributed by atoms with van der Waals surface area (Å²) in [5, 5.41) is 0. The molecule has 0 spiro atoms. The molecule has 0 unspecified atom stereocenters. The van der Waals surface area contributed by atoms with Crippen LogP contribution in [0, 0.1) is 12.8 Å². The highest BCUT2D eigenvalue weighted by molar-refractivity contribution is 5.21. The topological polar surface area (TPSA) is 6.48 Å². The van der Waals surface area contributed by atoms with Gasteiger partial charge in [0.2, 0.25) is 0 Å². The average Bonchev–Trinajstić information content (AvgIpc) is 2.57. The van der Waals surface area contributed by atoms with Crippen molar-refractivity contribution in [3.05, 3.63) is 35.4 Å². The van der Waals surface area contributed by atoms with Gasteiger partial charge in [-0.25, -0.2) is 0 Å². The lowest BCUT2D eigenvalue weighted by Gasteiger charge is -2.34. The second kappa shape index (κ2) is 10.9. The van der Waals surface area contributed by atoms with E-state index >= 15 is 0 Å². The molecule has 1 aromatic rings. The number of rotatable bonds is 10. The van der Waals surface area contributed by atoms with Gasteiger partial charge < -0.3 is 4.90 Å². The number of unbranched alkanes of at least 4 members (excludes halogenated alkanes) is 4. The summed E-state index contributed by atoms with van der Waals surface area (Å²) in [5.74, 6) is 0.876. The van der Waals surface area contributed by atoms with Gasteiger partial charge in [-0.05, 0) is 31.4 Å². The Morgan fingerprint density at radius 2 is 1.38 bits per heavy atom. The smallest absolute Gasteiger partial charge is 0.0234 e. The van der Waals surface area contributed by atoms with Crippen LogP contribution in [-0.2, 0) is 6.54 Å². The predicted octanol–water partition coefficient (Wildman–Crippen LogP) is 5.11. The van der Waals surface area contributed by atoms with Crippen molar-refractivity contribution in [1.29, 1.82) is 0 Å². The van der Waals surface area contributed by atoms with Crippen LogP contribution in [0.5, 0.6) is 0 Å². The molecule has 1 aromatic carbocycles. The highest BCUT2D eigenvalue weighted by Crippen LogP contribution is 2.13. The summed E-state index contributed by atoms with van der Waals surface area (Å²) in [6.45, 7) is 14.2. The molecule has 0 radical (unpaired) electrons. The third-order valence-corrected chi connectivity index (χ3v) is 5.25. The maximum atomic E-state index is 2.67. The lowest BCUT2D eigenvalue weighted by atomic mass is 10.0. The number of hydrogen-bond donors (Lipinski definition) is 0. The Labute approximate surface area is 150 Å². The molecule has 0 amide bonds. The van der Waals surface area contributed by atoms with Crippen molar-refractivity contribution >= 4 is 0 Å². The Balaban J connectivity index is 1.51. The largest absolute Gasteiger partial charge is 0.301 e. The highest BCUT2D eigenvalue weighted by Gasteiger charge is 2.16. The van der Waals surface area contributed by atoms with Crippen molar-refractivity contribution in [2.24, 2.45) is 5.92 Å². The van der Waals surface area contributed by atoms with E-state index in [1.807, 2.05) is 0 Å². The Kier molecular flexibility index (Phi) is 8.83. The van der Waals surface area contributed by atoms with Crippen LogP contribution >= 0.6 is 0 Å². The Morgan fingerprint density at radius 1 is 0.792 bits per heavy atom. The maximum absolute atomic E-state index is 2.67. The fraction of sp³-hybridized carbons (Fsp3) is 0.727. The molecule has 0 aromatic heterocycles. The van der Waals surface area contributed by atoms with E-state index in [0.717, 1.165) is 12.5 Å². The van der Waals surface area contributed by atoms with Gasteiger partial charge in [0.15, 0.2) is 0 Å². The van der Waals surface area contributed by atoms with Crippen LogP contribution in [-0.4, -0.2) is 42.5 Å². The van der Waals surface area contributed by atoms with Gasteiger partial charge in [-0.3, -0.25) is 4.90 Å². The molecule has 0 N–H and O–H groups in total. The lowest BCUT2D eigenvalue weighted by Crippen LogP contribution is -2.46. The number of hydrogen-bond acceptors (Lipinski definition) is 2. The second-order valence-electron chi connectivity index (χ2n) is 8.05. The molecular formula is C22H38N2. The average molecular weight is 331 g/mol. The zero-order valence-corrected chi connectivity index (χ0v) is 16.3. The van der Waals surface area contributed by atoms with Crippen molar-refractivity contribution < 1.29 is 0 Å². The number of nitrogens with zero attached hydrogens (tertiary/aromatic N) is 2. The maximum Gasteiger partial charge on any atom is 0.0234 e. The molecule has 0 saturated carbocycles. The van der Waals surface area contributed by atoms with E-state index in [1.54, 1.807) is 0 Å². The van der Waals surface area contributed by atoms with Crippen molar-refractivity contribution in [2.45, 2.75) is 65.8 Å². The Hall–Kier alpha value is -0.860. The molecule has 2 nitrogen and oxygen atoms in total. The molecule has 136 valence electrons. The van der Waals surface area contributed by atoms with E-state index in [0.29, 0.717) is 0 Å². The monoisotopic (exact) mass is 330 g/mol. The van der Waals surface area contributed by atoms with Crippen LogP contribution in [0.2, 0.25) is 0 Å². The number of piperazine rings is 1. The molecule has 24 heavy (non-hydrogen) atoms. The van der Waals surface area contributed by atoms with E-state index < -0.39 is 0 Å². The summed E-state index contributed by atoms with van der Waals surface area (Å²) in [6, 6.07) is 9.02. The molecule has 2 heteroatoms. The molecular weight excluding hydrogens is 292 g/mol. The SMILES string of the molecule is Cc1ccc(CN2CCN(CCCCCCCC(C)C)CC2)cc1. The molecule has 0 aliphatic carbocycles. The second-order valence-corrected chi connectivity index (χ2v) is 8.05. The minimum absolute atomic E-state index is 0.876. The van der Waals surface area contributed by atoms with Crippen LogP contribution in [0.15, 0.2) is 24.3 Å². The molecule has 1 aliphatic rings. The quantitative estimate of drug-likeness (QED) is 0.550. The molecule has 1 saturated heterocycles. The first-order valence-corrected chi connectivity index (χ1v) is 10.1. The molecule has 1 aliphatic heterocycles. The first-order valence-electron chi connectivity index (χ1n) is 10.1. The molecule has 2 rings (SSSR count). The van der Waals surface area contributed by atoms with Crippen molar-refractivity contribution in [3.8, 4) is 0 Å². The van der Waals surface area contributed by atoms with Crippen LogP contribution in [0.4, 0.5) is 0 Å². The van der Waals surface area contributed by atoms with E-state index in [9.17, 15) is 0 Å². The zero-order chi connectivity index (χ0) is 17.2. The Bertz CT molecular complexity index is 430. The van der Waals surface area contributed by atoms with Crippen molar-refractivity contribution in [1.82, 2.24) is 9.80 Å². The normalized spacial score (nSPS) is 16.8. The van der Waals surface area contributed by atoms with Crippen molar-refractivity contribution in [2.75, 3.05) is 32.7 Å². The molecule has 1 fully saturated rings. The highest BCUT2D eigenvalue weighted by atomic mass is 15.3. The summed E-state index contributed by atoms with van der Waals surface area (Å²) in [6.07, 6.45) is 8.50. The van der Waals surface area contributed by atoms with Gasteiger partial charge in [-0.2, -0.15) is 0 Å². The van der Waals surface area contributed by atoms with Crippen LogP contribution in [0.25, 0.3) is 0 Å². The summed E-state index contributed by atoms with van der Waals surface area (Å²) >= 11 is 0. The Morgan fingerprint density at radius 3 is 2.04 bits per heavy atom.